The molecule has 3 unspecified atom stereocenters. The van der Waals surface area contributed by atoms with Crippen LogP contribution in [0.1, 0.15) is 57.8 Å². The van der Waals surface area contributed by atoms with Crippen LogP contribution in [0.25, 0.3) is 0 Å². The van der Waals surface area contributed by atoms with E-state index in [1.807, 2.05) is 0 Å². The van der Waals surface area contributed by atoms with Crippen molar-refractivity contribution in [2.24, 2.45) is 5.92 Å². The van der Waals surface area contributed by atoms with Crippen LogP contribution in [-0.4, -0.2) is 33.1 Å². The number of aliphatic carboxylic acids is 1. The summed E-state index contributed by atoms with van der Waals surface area (Å²) < 4.78 is 5.79. The summed E-state index contributed by atoms with van der Waals surface area (Å²) in [7, 11) is 0. The number of carbonyl (C=O) groups excluding carboxylic acids is 1. The Kier molecular flexibility index (Phi) is 3.98. The van der Waals surface area contributed by atoms with E-state index < -0.39 is 18.4 Å². The van der Waals surface area contributed by atoms with Gasteiger partial charge in [0.1, 0.15) is 12.0 Å². The van der Waals surface area contributed by atoms with Gasteiger partial charge in [0.2, 0.25) is 0 Å². The van der Waals surface area contributed by atoms with Crippen LogP contribution in [0, 0.1) is 5.92 Å². The molecule has 1 N–H and O–H groups in total. The summed E-state index contributed by atoms with van der Waals surface area (Å²) in [5.74, 6) is -1.19. The average molecular weight is 298 g/mol. The average Bonchev–Trinajstić information content (AvgIpc) is 3.01. The Morgan fingerprint density at radius 3 is 2.50 bits per heavy atom. The molecular formula is C15H22O4S. The second-order valence-electron chi connectivity index (χ2n) is 6.39. The zero-order chi connectivity index (χ0) is 14.2. The molecule has 0 aromatic rings. The number of thioether (sulfide) groups is 1. The number of hydrogen-bond donors (Lipinski definition) is 1. The molecule has 2 aliphatic heterocycles. The highest BCUT2D eigenvalue weighted by atomic mass is 32.2. The molecule has 2 heterocycles. The van der Waals surface area contributed by atoms with Crippen LogP contribution in [0.15, 0.2) is 0 Å². The van der Waals surface area contributed by atoms with Crippen LogP contribution in [0.5, 0.6) is 0 Å². The smallest absolute Gasteiger partial charge is 0.317 e. The number of carboxylic acid groups (broad SMARTS) is 1. The van der Waals surface area contributed by atoms with Gasteiger partial charge in [-0.3, -0.25) is 9.59 Å². The van der Waals surface area contributed by atoms with Gasteiger partial charge in [-0.15, -0.1) is 0 Å². The van der Waals surface area contributed by atoms with Crippen LogP contribution < -0.4 is 0 Å². The van der Waals surface area contributed by atoms with Gasteiger partial charge >= 0.3 is 11.9 Å². The zero-order valence-electron chi connectivity index (χ0n) is 11.7. The number of esters is 1. The van der Waals surface area contributed by atoms with Crippen molar-refractivity contribution >= 4 is 23.7 Å². The fourth-order valence-electron chi connectivity index (χ4n) is 4.28. The van der Waals surface area contributed by atoms with Crippen LogP contribution >= 0.6 is 11.8 Å². The number of carboxylic acids is 1. The monoisotopic (exact) mass is 298 g/mol. The molecule has 112 valence electrons. The predicted molar refractivity (Wildman–Crippen MR) is 76.7 cm³/mol. The zero-order valence-corrected chi connectivity index (χ0v) is 12.5. The van der Waals surface area contributed by atoms with Gasteiger partial charge in [-0.25, -0.2) is 0 Å². The summed E-state index contributed by atoms with van der Waals surface area (Å²) >= 11 is 2.07. The third-order valence-corrected chi connectivity index (χ3v) is 6.82. The van der Waals surface area contributed by atoms with Crippen molar-refractivity contribution in [2.75, 3.05) is 0 Å². The Morgan fingerprint density at radius 2 is 1.95 bits per heavy atom. The highest BCUT2D eigenvalue weighted by Crippen LogP contribution is 2.56. The number of fused-ring (bicyclic) bond motifs is 2. The highest BCUT2D eigenvalue weighted by Gasteiger charge is 2.53. The van der Waals surface area contributed by atoms with Gasteiger partial charge in [-0.1, -0.05) is 6.42 Å². The molecule has 3 aliphatic rings. The van der Waals surface area contributed by atoms with Crippen molar-refractivity contribution in [1.29, 1.82) is 0 Å². The molecule has 20 heavy (non-hydrogen) atoms. The molecule has 2 saturated heterocycles. The van der Waals surface area contributed by atoms with E-state index in [1.165, 1.54) is 19.3 Å². The first-order valence-electron chi connectivity index (χ1n) is 7.68. The van der Waals surface area contributed by atoms with E-state index in [0.717, 1.165) is 37.4 Å². The number of hydrogen-bond acceptors (Lipinski definition) is 4. The third-order valence-electron chi connectivity index (χ3n) is 5.09. The molecule has 3 rings (SSSR count). The second kappa shape index (κ2) is 5.58. The van der Waals surface area contributed by atoms with Gasteiger partial charge < -0.3 is 9.84 Å². The van der Waals surface area contributed by atoms with Crippen molar-refractivity contribution in [3.05, 3.63) is 0 Å². The van der Waals surface area contributed by atoms with E-state index in [2.05, 4.69) is 11.8 Å². The van der Waals surface area contributed by atoms with E-state index in [0.29, 0.717) is 11.2 Å². The Hall–Kier alpha value is -0.710. The minimum absolute atomic E-state index is 0.363. The summed E-state index contributed by atoms with van der Waals surface area (Å²) in [6, 6.07) is 0. The van der Waals surface area contributed by atoms with E-state index in [-0.39, 0.29) is 5.60 Å². The standard InChI is InChI=1S/C15H22O4S/c16-13(17)9-14(18)19-15(6-2-1-3-7-15)11-8-10-4-5-12(11)20-10/h10-12H,1-9H2,(H,16,17). The van der Waals surface area contributed by atoms with Crippen LogP contribution in [-0.2, 0) is 14.3 Å². The lowest BCUT2D eigenvalue weighted by Gasteiger charge is -2.44. The van der Waals surface area contributed by atoms with Gasteiger partial charge in [0, 0.05) is 16.4 Å². The minimum Gasteiger partial charge on any atom is -0.481 e. The first-order valence-corrected chi connectivity index (χ1v) is 8.62. The maximum Gasteiger partial charge on any atom is 0.317 e. The van der Waals surface area contributed by atoms with Crippen molar-refractivity contribution in [2.45, 2.75) is 73.9 Å². The molecule has 2 bridgehead atoms. The molecule has 4 nitrogen and oxygen atoms in total. The molecule has 0 spiro atoms. The number of ether oxygens (including phenoxy) is 1. The van der Waals surface area contributed by atoms with Crippen LogP contribution in [0.2, 0.25) is 0 Å². The molecule has 3 atom stereocenters. The molecule has 0 amide bonds. The fraction of sp³-hybridized carbons (Fsp3) is 0.867. The molecule has 1 saturated carbocycles. The normalized spacial score (nSPS) is 34.9. The van der Waals surface area contributed by atoms with Crippen molar-refractivity contribution in [1.82, 2.24) is 0 Å². The van der Waals surface area contributed by atoms with Crippen molar-refractivity contribution < 1.29 is 19.4 Å². The van der Waals surface area contributed by atoms with E-state index >= 15 is 0 Å². The lowest BCUT2D eigenvalue weighted by Crippen LogP contribution is -2.48. The quantitative estimate of drug-likeness (QED) is 0.638. The maximum atomic E-state index is 11.9. The van der Waals surface area contributed by atoms with Crippen molar-refractivity contribution in [3.8, 4) is 0 Å². The van der Waals surface area contributed by atoms with Crippen LogP contribution in [0.4, 0.5) is 0 Å². The Labute approximate surface area is 123 Å². The van der Waals surface area contributed by atoms with Gasteiger partial charge in [-0.2, -0.15) is 11.8 Å². The number of carbonyl (C=O) groups is 2. The second-order valence-corrected chi connectivity index (χ2v) is 7.93. The Morgan fingerprint density at radius 1 is 1.20 bits per heavy atom. The fourth-order valence-corrected chi connectivity index (χ4v) is 6.18. The lowest BCUT2D eigenvalue weighted by atomic mass is 9.69. The Bertz CT molecular complexity index is 403. The highest BCUT2D eigenvalue weighted by molar-refractivity contribution is 8.01. The van der Waals surface area contributed by atoms with Crippen LogP contribution in [0.3, 0.4) is 0 Å². The minimum atomic E-state index is -1.09. The van der Waals surface area contributed by atoms with E-state index in [1.54, 1.807) is 0 Å². The summed E-state index contributed by atoms with van der Waals surface area (Å²) in [6.45, 7) is 0. The summed E-state index contributed by atoms with van der Waals surface area (Å²) in [5.41, 5.74) is -0.363. The maximum absolute atomic E-state index is 11.9. The first kappa shape index (κ1) is 14.2. The lowest BCUT2D eigenvalue weighted by molar-refractivity contribution is -0.174. The largest absolute Gasteiger partial charge is 0.481 e. The van der Waals surface area contributed by atoms with E-state index in [9.17, 15) is 9.59 Å². The van der Waals surface area contributed by atoms with Gasteiger partial charge in [0.15, 0.2) is 0 Å². The SMILES string of the molecule is O=C(O)CC(=O)OC1(C2CC3CCC2S3)CCCCC1. The third kappa shape index (κ3) is 2.69. The molecular weight excluding hydrogens is 276 g/mol. The van der Waals surface area contributed by atoms with Gasteiger partial charge in [0.05, 0.1) is 0 Å². The predicted octanol–water partition coefficient (Wildman–Crippen LogP) is 2.99. The molecule has 1 aliphatic carbocycles. The Balaban J connectivity index is 1.74. The summed E-state index contributed by atoms with van der Waals surface area (Å²) in [6.07, 6.45) is 8.41. The van der Waals surface area contributed by atoms with Gasteiger partial charge in [0.25, 0.3) is 0 Å². The molecule has 0 aromatic heterocycles. The number of rotatable bonds is 4. The molecule has 5 heteroatoms. The molecule has 3 fully saturated rings. The summed E-state index contributed by atoms with van der Waals surface area (Å²) in [5, 5.41) is 10.1. The molecule has 0 aromatic carbocycles. The summed E-state index contributed by atoms with van der Waals surface area (Å²) in [4.78, 5) is 22.6. The van der Waals surface area contributed by atoms with Gasteiger partial charge in [-0.05, 0) is 44.9 Å². The first-order chi connectivity index (χ1) is 9.59. The van der Waals surface area contributed by atoms with Crippen molar-refractivity contribution in [3.63, 3.8) is 0 Å². The van der Waals surface area contributed by atoms with E-state index in [4.69, 9.17) is 9.84 Å². The topological polar surface area (TPSA) is 63.6 Å². The molecule has 0 radical (unpaired) electrons.